The highest BCUT2D eigenvalue weighted by Gasteiger charge is 2.36. The van der Waals surface area contributed by atoms with Gasteiger partial charge in [0.1, 0.15) is 0 Å². The van der Waals surface area contributed by atoms with E-state index in [1.165, 1.54) is 0 Å². The molecule has 0 saturated carbocycles. The molecular weight excluding hydrogens is 449 g/mol. The first-order valence-electron chi connectivity index (χ1n) is 10.5. The molecule has 1 aliphatic rings. The van der Waals surface area contributed by atoms with Crippen LogP contribution in [-0.2, 0) is 24.2 Å². The van der Waals surface area contributed by atoms with E-state index in [1.807, 2.05) is 31.3 Å². The van der Waals surface area contributed by atoms with Crippen molar-refractivity contribution in [3.8, 4) is 11.1 Å². The Labute approximate surface area is 197 Å². The lowest BCUT2D eigenvalue weighted by Gasteiger charge is -2.42. The van der Waals surface area contributed by atoms with Crippen LogP contribution in [-0.4, -0.2) is 50.1 Å². The average Bonchev–Trinajstić information content (AvgIpc) is 3.24. The Balaban J connectivity index is 1.67. The number of aromatic nitrogens is 2. The number of amides is 1. The lowest BCUT2D eigenvalue weighted by atomic mass is 9.84. The van der Waals surface area contributed by atoms with Crippen molar-refractivity contribution in [2.24, 2.45) is 0 Å². The minimum absolute atomic E-state index is 0.0180. The second-order valence-electron chi connectivity index (χ2n) is 7.98. The first kappa shape index (κ1) is 22.8. The molecule has 3 aromatic rings. The molecule has 4 rings (SSSR count). The Hall–Kier alpha value is -2.38. The minimum atomic E-state index is -0.361. The molecule has 1 aromatic heterocycles. The van der Waals surface area contributed by atoms with E-state index in [2.05, 4.69) is 5.10 Å². The van der Waals surface area contributed by atoms with Crippen LogP contribution in [0.25, 0.3) is 11.1 Å². The van der Waals surface area contributed by atoms with Gasteiger partial charge in [0.25, 0.3) is 0 Å². The SMILES string of the molecule is C[C@H]1c2cccc(-c3cnn(CCO)c3)c2C[C@H](CO)N1C(=O)Cc1c(Cl)cccc1Cl. The molecule has 8 heteroatoms. The highest BCUT2D eigenvalue weighted by molar-refractivity contribution is 6.36. The third kappa shape index (κ3) is 4.28. The Morgan fingerprint density at radius 2 is 1.88 bits per heavy atom. The van der Waals surface area contributed by atoms with E-state index in [0.29, 0.717) is 28.6 Å². The molecular formula is C24H25Cl2N3O3. The van der Waals surface area contributed by atoms with E-state index in [9.17, 15) is 15.0 Å². The highest BCUT2D eigenvalue weighted by Crippen LogP contribution is 2.39. The van der Waals surface area contributed by atoms with Crippen molar-refractivity contribution in [2.75, 3.05) is 13.2 Å². The van der Waals surface area contributed by atoms with Crippen molar-refractivity contribution in [2.45, 2.75) is 38.4 Å². The molecule has 6 nitrogen and oxygen atoms in total. The summed E-state index contributed by atoms with van der Waals surface area (Å²) in [4.78, 5) is 15.1. The van der Waals surface area contributed by atoms with Gasteiger partial charge in [-0.2, -0.15) is 5.10 Å². The van der Waals surface area contributed by atoms with Crippen molar-refractivity contribution in [1.29, 1.82) is 0 Å². The molecule has 0 fully saturated rings. The molecule has 2 atom stereocenters. The maximum Gasteiger partial charge on any atom is 0.227 e. The van der Waals surface area contributed by atoms with Crippen LogP contribution in [0.4, 0.5) is 0 Å². The Morgan fingerprint density at radius 1 is 1.16 bits per heavy atom. The summed E-state index contributed by atoms with van der Waals surface area (Å²) < 4.78 is 1.70. The van der Waals surface area contributed by atoms with Gasteiger partial charge in [-0.15, -0.1) is 0 Å². The van der Waals surface area contributed by atoms with E-state index in [-0.39, 0.29) is 37.6 Å². The molecule has 0 bridgehead atoms. The summed E-state index contributed by atoms with van der Waals surface area (Å²) in [5, 5.41) is 24.6. The molecule has 2 aromatic carbocycles. The van der Waals surface area contributed by atoms with Gasteiger partial charge in [0.05, 0.1) is 44.5 Å². The third-order valence-corrected chi connectivity index (χ3v) is 6.78. The number of carbonyl (C=O) groups is 1. The standard InChI is InChI=1S/C24H25Cl2N3O3/c1-15-18-4-2-5-19(16-12-27-28(13-16)8-9-30)20(18)10-17(14-31)29(15)24(32)11-21-22(25)6-3-7-23(21)26/h2-7,12-13,15,17,30-31H,8-11,14H2,1H3/t15-,17+/m0/s1. The quantitative estimate of drug-likeness (QED) is 0.568. The predicted octanol–water partition coefficient (Wildman–Crippen LogP) is 3.90. The van der Waals surface area contributed by atoms with Gasteiger partial charge in [0.15, 0.2) is 0 Å². The number of halogens is 2. The van der Waals surface area contributed by atoms with Crippen molar-refractivity contribution in [3.05, 3.63) is 75.5 Å². The van der Waals surface area contributed by atoms with Crippen LogP contribution < -0.4 is 0 Å². The zero-order valence-electron chi connectivity index (χ0n) is 17.7. The second kappa shape index (κ2) is 9.63. The second-order valence-corrected chi connectivity index (χ2v) is 8.80. The van der Waals surface area contributed by atoms with Crippen LogP contribution >= 0.6 is 23.2 Å². The van der Waals surface area contributed by atoms with Gasteiger partial charge in [0, 0.05) is 21.8 Å². The topological polar surface area (TPSA) is 78.6 Å². The van der Waals surface area contributed by atoms with E-state index in [0.717, 1.165) is 22.3 Å². The Kier molecular flexibility index (Phi) is 6.86. The minimum Gasteiger partial charge on any atom is -0.394 e. The number of aliphatic hydroxyl groups excluding tert-OH is 2. The molecule has 1 aliphatic heterocycles. The van der Waals surface area contributed by atoms with Crippen molar-refractivity contribution in [1.82, 2.24) is 14.7 Å². The fourth-order valence-electron chi connectivity index (χ4n) is 4.54. The first-order chi connectivity index (χ1) is 15.4. The fraction of sp³-hybridized carbons (Fsp3) is 0.333. The van der Waals surface area contributed by atoms with E-state index in [1.54, 1.807) is 34.0 Å². The van der Waals surface area contributed by atoms with Gasteiger partial charge in [-0.3, -0.25) is 9.48 Å². The average molecular weight is 474 g/mol. The van der Waals surface area contributed by atoms with E-state index < -0.39 is 0 Å². The molecule has 0 radical (unpaired) electrons. The van der Waals surface area contributed by atoms with Gasteiger partial charge in [0.2, 0.25) is 5.91 Å². The van der Waals surface area contributed by atoms with Crippen LogP contribution in [0.15, 0.2) is 48.8 Å². The number of benzene rings is 2. The summed E-state index contributed by atoms with van der Waals surface area (Å²) in [7, 11) is 0. The Bertz CT molecular complexity index is 1110. The van der Waals surface area contributed by atoms with Gasteiger partial charge in [-0.25, -0.2) is 0 Å². The molecule has 168 valence electrons. The zero-order valence-corrected chi connectivity index (χ0v) is 19.2. The van der Waals surface area contributed by atoms with Gasteiger partial charge in [-0.05, 0) is 47.7 Å². The summed E-state index contributed by atoms with van der Waals surface area (Å²) in [6.45, 7) is 2.28. The molecule has 0 spiro atoms. The lowest BCUT2D eigenvalue weighted by molar-refractivity contribution is -0.137. The number of aliphatic hydroxyl groups is 2. The maximum atomic E-state index is 13.4. The third-order valence-electron chi connectivity index (χ3n) is 6.07. The molecule has 0 saturated heterocycles. The van der Waals surface area contributed by atoms with Gasteiger partial charge in [-0.1, -0.05) is 47.5 Å². The molecule has 32 heavy (non-hydrogen) atoms. The number of nitrogens with zero attached hydrogens (tertiary/aromatic N) is 3. The number of hydrogen-bond acceptors (Lipinski definition) is 4. The number of carbonyl (C=O) groups excluding carboxylic acids is 1. The molecule has 2 N–H and O–H groups in total. The number of fused-ring (bicyclic) bond motifs is 1. The van der Waals surface area contributed by atoms with Gasteiger partial charge >= 0.3 is 0 Å². The van der Waals surface area contributed by atoms with E-state index >= 15 is 0 Å². The van der Waals surface area contributed by atoms with E-state index in [4.69, 9.17) is 23.2 Å². The largest absolute Gasteiger partial charge is 0.394 e. The van der Waals surface area contributed by atoms with Crippen molar-refractivity contribution < 1.29 is 15.0 Å². The van der Waals surface area contributed by atoms with Crippen LogP contribution in [0.1, 0.15) is 29.7 Å². The fourth-order valence-corrected chi connectivity index (χ4v) is 5.07. The van der Waals surface area contributed by atoms with Gasteiger partial charge < -0.3 is 15.1 Å². The van der Waals surface area contributed by atoms with Crippen molar-refractivity contribution in [3.63, 3.8) is 0 Å². The van der Waals surface area contributed by atoms with Crippen molar-refractivity contribution >= 4 is 29.1 Å². The van der Waals surface area contributed by atoms with Crippen LogP contribution in [0.3, 0.4) is 0 Å². The Morgan fingerprint density at radius 3 is 2.56 bits per heavy atom. The maximum absolute atomic E-state index is 13.4. The predicted molar refractivity (Wildman–Crippen MR) is 125 cm³/mol. The molecule has 1 amide bonds. The smallest absolute Gasteiger partial charge is 0.227 e. The molecule has 0 unspecified atom stereocenters. The summed E-state index contributed by atoms with van der Waals surface area (Å²) in [6.07, 6.45) is 4.28. The number of hydrogen-bond donors (Lipinski definition) is 2. The highest BCUT2D eigenvalue weighted by atomic mass is 35.5. The summed E-state index contributed by atoms with van der Waals surface area (Å²) in [5.41, 5.74) is 4.71. The summed E-state index contributed by atoms with van der Waals surface area (Å²) in [6, 6.07) is 10.6. The number of rotatable bonds is 6. The lowest BCUT2D eigenvalue weighted by Crippen LogP contribution is -2.49. The normalized spacial score (nSPS) is 18.0. The molecule has 2 heterocycles. The zero-order chi connectivity index (χ0) is 22.8. The summed E-state index contributed by atoms with van der Waals surface area (Å²) >= 11 is 12.6. The first-order valence-corrected chi connectivity index (χ1v) is 11.3. The van der Waals surface area contributed by atoms with Crippen LogP contribution in [0.5, 0.6) is 0 Å². The molecule has 0 aliphatic carbocycles. The summed E-state index contributed by atoms with van der Waals surface area (Å²) in [5.74, 6) is -0.127. The monoisotopic (exact) mass is 473 g/mol. The van der Waals surface area contributed by atoms with Crippen LogP contribution in [0.2, 0.25) is 10.0 Å². The van der Waals surface area contributed by atoms with Crippen LogP contribution in [0, 0.1) is 0 Å².